The molecular formula is C12H12F5NO2. The Kier molecular flexibility index (Phi) is 4.38. The Morgan fingerprint density at radius 2 is 1.65 bits per heavy atom. The van der Waals surface area contributed by atoms with Crippen LogP contribution in [0.15, 0.2) is 30.3 Å². The van der Waals surface area contributed by atoms with E-state index in [0.717, 1.165) is 12.1 Å². The van der Waals surface area contributed by atoms with Crippen molar-refractivity contribution in [3.63, 3.8) is 0 Å². The van der Waals surface area contributed by atoms with Gasteiger partial charge in [0.1, 0.15) is 0 Å². The van der Waals surface area contributed by atoms with E-state index in [-0.39, 0.29) is 0 Å². The number of halogens is 5. The molecule has 0 aliphatic carbocycles. The van der Waals surface area contributed by atoms with Crippen molar-refractivity contribution in [1.82, 2.24) is 5.32 Å². The van der Waals surface area contributed by atoms with Crippen LogP contribution in [0.3, 0.4) is 0 Å². The summed E-state index contributed by atoms with van der Waals surface area (Å²) in [5.41, 5.74) is -3.94. The molecule has 0 heterocycles. The number of aliphatic carboxylic acids is 1. The molecule has 0 radical (unpaired) electrons. The second-order valence-electron chi connectivity index (χ2n) is 4.35. The first-order chi connectivity index (χ1) is 9.01. The molecule has 1 unspecified atom stereocenters. The number of hydrogen-bond donors (Lipinski definition) is 2. The van der Waals surface area contributed by atoms with Crippen molar-refractivity contribution in [3.8, 4) is 0 Å². The Labute approximate surface area is 111 Å². The van der Waals surface area contributed by atoms with Gasteiger partial charge in [0.2, 0.25) is 5.54 Å². The molecule has 0 aliphatic heterocycles. The van der Waals surface area contributed by atoms with Gasteiger partial charge in [-0.15, -0.1) is 0 Å². The lowest BCUT2D eigenvalue weighted by molar-refractivity contribution is -0.208. The predicted molar refractivity (Wildman–Crippen MR) is 60.4 cm³/mol. The second kappa shape index (κ2) is 5.35. The molecule has 0 fully saturated rings. The summed E-state index contributed by atoms with van der Waals surface area (Å²) in [7, 11) is 0. The summed E-state index contributed by atoms with van der Waals surface area (Å²) in [6.07, 6.45) is -5.20. The highest BCUT2D eigenvalue weighted by Gasteiger charge is 2.58. The average molecular weight is 297 g/mol. The lowest BCUT2D eigenvalue weighted by Crippen LogP contribution is -2.61. The van der Waals surface area contributed by atoms with E-state index < -0.39 is 35.7 Å². The first-order valence-corrected chi connectivity index (χ1v) is 5.49. The summed E-state index contributed by atoms with van der Waals surface area (Å²) >= 11 is 0. The molecule has 0 bridgehead atoms. The predicted octanol–water partition coefficient (Wildman–Crippen LogP) is 2.77. The molecule has 0 saturated heterocycles. The van der Waals surface area contributed by atoms with Crippen molar-refractivity contribution in [2.75, 3.05) is 6.54 Å². The lowest BCUT2D eigenvalue weighted by atomic mass is 10.0. The maximum atomic E-state index is 13.7. The largest absolute Gasteiger partial charge is 0.480 e. The van der Waals surface area contributed by atoms with Crippen LogP contribution in [0.1, 0.15) is 12.5 Å². The van der Waals surface area contributed by atoms with E-state index in [1.165, 1.54) is 23.5 Å². The van der Waals surface area contributed by atoms with Gasteiger partial charge >= 0.3 is 12.1 Å². The van der Waals surface area contributed by atoms with Gasteiger partial charge in [-0.1, -0.05) is 30.3 Å². The van der Waals surface area contributed by atoms with Crippen LogP contribution in [0.2, 0.25) is 0 Å². The minimum absolute atomic E-state index is 0.302. The molecule has 0 spiro atoms. The lowest BCUT2D eigenvalue weighted by Gasteiger charge is -2.30. The summed E-state index contributed by atoms with van der Waals surface area (Å²) in [6, 6.07) is 6.19. The first-order valence-electron chi connectivity index (χ1n) is 5.49. The number of alkyl halides is 5. The highest BCUT2D eigenvalue weighted by atomic mass is 19.4. The SMILES string of the molecule is CC(NCC(F)(F)c1ccccc1)(C(=O)O)C(F)(F)F. The van der Waals surface area contributed by atoms with E-state index in [2.05, 4.69) is 0 Å². The van der Waals surface area contributed by atoms with E-state index in [4.69, 9.17) is 5.11 Å². The molecule has 1 atom stereocenters. The molecule has 1 rings (SSSR count). The van der Waals surface area contributed by atoms with Crippen molar-refractivity contribution >= 4 is 5.97 Å². The van der Waals surface area contributed by atoms with Gasteiger partial charge in [0.15, 0.2) is 0 Å². The fraction of sp³-hybridized carbons (Fsp3) is 0.417. The zero-order chi connectivity index (χ0) is 15.6. The number of nitrogens with one attached hydrogen (secondary N) is 1. The van der Waals surface area contributed by atoms with Gasteiger partial charge in [-0.2, -0.15) is 22.0 Å². The average Bonchev–Trinajstić information content (AvgIpc) is 2.35. The topological polar surface area (TPSA) is 49.3 Å². The molecule has 1 aromatic rings. The molecule has 8 heteroatoms. The van der Waals surface area contributed by atoms with E-state index in [9.17, 15) is 26.7 Å². The zero-order valence-electron chi connectivity index (χ0n) is 10.3. The standard InChI is InChI=1S/C12H12F5NO2/c1-10(9(19)20,12(15,16)17)18-7-11(13,14)8-5-3-2-4-6-8/h2-6,18H,7H2,1H3,(H,19,20). The van der Waals surface area contributed by atoms with E-state index in [1.807, 2.05) is 0 Å². The smallest absolute Gasteiger partial charge is 0.417 e. The van der Waals surface area contributed by atoms with Gasteiger partial charge in [-0.3, -0.25) is 5.32 Å². The fourth-order valence-electron chi connectivity index (χ4n) is 1.37. The van der Waals surface area contributed by atoms with E-state index in [0.29, 0.717) is 6.92 Å². The van der Waals surface area contributed by atoms with Crippen molar-refractivity contribution in [2.24, 2.45) is 0 Å². The van der Waals surface area contributed by atoms with Gasteiger partial charge in [0.05, 0.1) is 6.54 Å². The number of carbonyl (C=O) groups is 1. The Hall–Kier alpha value is -1.70. The summed E-state index contributed by atoms with van der Waals surface area (Å²) in [5.74, 6) is -5.89. The molecule has 1 aromatic carbocycles. The van der Waals surface area contributed by atoms with Crippen LogP contribution in [-0.2, 0) is 10.7 Å². The Balaban J connectivity index is 2.91. The van der Waals surface area contributed by atoms with Crippen molar-refractivity contribution < 1.29 is 31.9 Å². The van der Waals surface area contributed by atoms with Crippen molar-refractivity contribution in [3.05, 3.63) is 35.9 Å². The minimum atomic E-state index is -5.20. The van der Waals surface area contributed by atoms with Gasteiger partial charge in [-0.25, -0.2) is 4.79 Å². The summed E-state index contributed by atoms with van der Waals surface area (Å²) in [6.45, 7) is -1.14. The normalized spacial score (nSPS) is 15.7. The highest BCUT2D eigenvalue weighted by molar-refractivity contribution is 5.79. The number of carboxylic acid groups (broad SMARTS) is 1. The molecule has 112 valence electrons. The van der Waals surface area contributed by atoms with Gasteiger partial charge in [0, 0.05) is 5.56 Å². The Bertz CT molecular complexity index is 474. The van der Waals surface area contributed by atoms with Crippen LogP contribution in [0.4, 0.5) is 22.0 Å². The summed E-state index contributed by atoms with van der Waals surface area (Å²) in [4.78, 5) is 10.7. The number of hydrogen-bond acceptors (Lipinski definition) is 2. The molecule has 0 aliphatic rings. The van der Waals surface area contributed by atoms with Gasteiger partial charge < -0.3 is 5.11 Å². The quantitative estimate of drug-likeness (QED) is 0.822. The van der Waals surface area contributed by atoms with Crippen molar-refractivity contribution in [1.29, 1.82) is 0 Å². The maximum Gasteiger partial charge on any atom is 0.417 e. The van der Waals surface area contributed by atoms with E-state index >= 15 is 0 Å². The molecule has 0 saturated carbocycles. The van der Waals surface area contributed by atoms with Crippen LogP contribution < -0.4 is 5.32 Å². The minimum Gasteiger partial charge on any atom is -0.480 e. The molecule has 0 aromatic heterocycles. The molecule has 3 nitrogen and oxygen atoms in total. The van der Waals surface area contributed by atoms with E-state index in [1.54, 1.807) is 0 Å². The fourth-order valence-corrected chi connectivity index (χ4v) is 1.37. The summed E-state index contributed by atoms with van der Waals surface area (Å²) < 4.78 is 65.4. The maximum absolute atomic E-state index is 13.7. The first kappa shape index (κ1) is 16.4. The monoisotopic (exact) mass is 297 g/mol. The number of carboxylic acids is 1. The van der Waals surface area contributed by atoms with Crippen LogP contribution in [0.25, 0.3) is 0 Å². The van der Waals surface area contributed by atoms with Crippen LogP contribution >= 0.6 is 0 Å². The number of rotatable bonds is 5. The molecular weight excluding hydrogens is 285 g/mol. The third-order valence-electron chi connectivity index (χ3n) is 2.85. The second-order valence-corrected chi connectivity index (χ2v) is 4.35. The third-order valence-corrected chi connectivity index (χ3v) is 2.85. The van der Waals surface area contributed by atoms with Crippen LogP contribution in [0, 0.1) is 0 Å². The Morgan fingerprint density at radius 1 is 1.15 bits per heavy atom. The van der Waals surface area contributed by atoms with Crippen LogP contribution in [-0.4, -0.2) is 29.3 Å². The zero-order valence-corrected chi connectivity index (χ0v) is 10.3. The van der Waals surface area contributed by atoms with Crippen LogP contribution in [0.5, 0.6) is 0 Å². The molecule has 0 amide bonds. The molecule has 2 N–H and O–H groups in total. The third kappa shape index (κ3) is 3.24. The molecule has 20 heavy (non-hydrogen) atoms. The Morgan fingerprint density at radius 3 is 2.05 bits per heavy atom. The van der Waals surface area contributed by atoms with Gasteiger partial charge in [0.25, 0.3) is 5.92 Å². The van der Waals surface area contributed by atoms with Gasteiger partial charge in [-0.05, 0) is 6.92 Å². The van der Waals surface area contributed by atoms with Crippen molar-refractivity contribution in [2.45, 2.75) is 24.6 Å². The highest BCUT2D eigenvalue weighted by Crippen LogP contribution is 2.33. The number of benzene rings is 1. The summed E-state index contributed by atoms with van der Waals surface area (Å²) in [5, 5.41) is 10.0.